The van der Waals surface area contributed by atoms with Gasteiger partial charge < -0.3 is 11.1 Å². The largest absolute Gasteiger partial charge is 0.370 e. The standard InChI is InChI=1S/C22H39N3/c1-4-14-6-8-18-17-7-5-15-13-16(25-20(23)24)9-11-22(15,3)19(17)10-12-21(14,18)2/h14-19H,4-13H2,1-3H3,(H4,23,24,25)/t14-,15?,16+,17?,18?,19?,21+,22-/m0/s1. The molecular formula is C22H39N3. The molecule has 0 amide bonds. The first-order valence-corrected chi connectivity index (χ1v) is 11.0. The molecule has 4 saturated carbocycles. The Hall–Kier alpha value is -0.730. The van der Waals surface area contributed by atoms with Crippen LogP contribution in [0.3, 0.4) is 0 Å². The van der Waals surface area contributed by atoms with E-state index in [0.717, 1.165) is 29.6 Å². The van der Waals surface area contributed by atoms with E-state index in [1.54, 1.807) is 0 Å². The van der Waals surface area contributed by atoms with Crippen LogP contribution in [0.2, 0.25) is 0 Å². The molecule has 3 nitrogen and oxygen atoms in total. The molecule has 0 saturated heterocycles. The fourth-order valence-corrected chi connectivity index (χ4v) is 8.39. The van der Waals surface area contributed by atoms with E-state index in [2.05, 4.69) is 26.1 Å². The van der Waals surface area contributed by atoms with Crippen LogP contribution in [0.25, 0.3) is 0 Å². The molecule has 4 N–H and O–H groups in total. The van der Waals surface area contributed by atoms with E-state index in [1.165, 1.54) is 64.2 Å². The van der Waals surface area contributed by atoms with Crippen LogP contribution in [0.5, 0.6) is 0 Å². The van der Waals surface area contributed by atoms with Crippen molar-refractivity contribution in [2.45, 2.75) is 91.0 Å². The Bertz CT molecular complexity index is 531. The van der Waals surface area contributed by atoms with Gasteiger partial charge in [-0.2, -0.15) is 0 Å². The number of guanidine groups is 1. The number of fused-ring (bicyclic) bond motifs is 5. The Kier molecular flexibility index (Phi) is 4.36. The third-order valence-corrected chi connectivity index (χ3v) is 9.71. The Morgan fingerprint density at radius 2 is 1.72 bits per heavy atom. The van der Waals surface area contributed by atoms with Crippen molar-refractivity contribution in [3.05, 3.63) is 0 Å². The van der Waals surface area contributed by atoms with Gasteiger partial charge in [0.1, 0.15) is 0 Å². The van der Waals surface area contributed by atoms with Crippen LogP contribution in [0.4, 0.5) is 0 Å². The van der Waals surface area contributed by atoms with Gasteiger partial charge in [-0.3, -0.25) is 5.41 Å². The summed E-state index contributed by atoms with van der Waals surface area (Å²) in [5.41, 5.74) is 6.79. The summed E-state index contributed by atoms with van der Waals surface area (Å²) in [5, 5.41) is 10.8. The second-order valence-corrected chi connectivity index (χ2v) is 10.4. The lowest BCUT2D eigenvalue weighted by Gasteiger charge is -2.61. The van der Waals surface area contributed by atoms with Gasteiger partial charge in [0.05, 0.1) is 0 Å². The molecular weight excluding hydrogens is 306 g/mol. The normalized spacial score (nSPS) is 52.0. The summed E-state index contributed by atoms with van der Waals surface area (Å²) in [6, 6.07) is 0.442. The molecule has 8 atom stereocenters. The van der Waals surface area contributed by atoms with Crippen LogP contribution >= 0.6 is 0 Å². The molecule has 4 fully saturated rings. The second-order valence-electron chi connectivity index (χ2n) is 10.4. The maximum absolute atomic E-state index is 7.56. The van der Waals surface area contributed by atoms with Crippen molar-refractivity contribution >= 4 is 5.96 Å². The Labute approximate surface area is 154 Å². The van der Waals surface area contributed by atoms with Crippen LogP contribution < -0.4 is 11.1 Å². The Balaban J connectivity index is 1.53. The van der Waals surface area contributed by atoms with Gasteiger partial charge >= 0.3 is 0 Å². The van der Waals surface area contributed by atoms with Crippen molar-refractivity contribution in [1.82, 2.24) is 5.32 Å². The number of rotatable bonds is 2. The summed E-state index contributed by atoms with van der Waals surface area (Å²) in [4.78, 5) is 0. The third-order valence-electron chi connectivity index (χ3n) is 9.71. The fourth-order valence-electron chi connectivity index (χ4n) is 8.39. The lowest BCUT2D eigenvalue weighted by molar-refractivity contribution is -0.114. The van der Waals surface area contributed by atoms with E-state index in [0.29, 0.717) is 16.9 Å². The minimum absolute atomic E-state index is 0.160. The summed E-state index contributed by atoms with van der Waals surface area (Å²) in [7, 11) is 0. The quantitative estimate of drug-likeness (QED) is 0.492. The summed E-state index contributed by atoms with van der Waals surface area (Å²) in [5.74, 6) is 4.94. The lowest BCUT2D eigenvalue weighted by Crippen LogP contribution is -2.55. The zero-order valence-electron chi connectivity index (χ0n) is 16.6. The molecule has 0 aromatic heterocycles. The van der Waals surface area contributed by atoms with Gasteiger partial charge in [0.2, 0.25) is 0 Å². The maximum Gasteiger partial charge on any atom is 0.185 e. The van der Waals surface area contributed by atoms with E-state index in [-0.39, 0.29) is 5.96 Å². The minimum Gasteiger partial charge on any atom is -0.370 e. The van der Waals surface area contributed by atoms with E-state index >= 15 is 0 Å². The molecule has 0 heterocycles. The van der Waals surface area contributed by atoms with Gasteiger partial charge in [0, 0.05) is 6.04 Å². The van der Waals surface area contributed by atoms with Crippen molar-refractivity contribution in [3.63, 3.8) is 0 Å². The highest BCUT2D eigenvalue weighted by Gasteiger charge is 2.59. The van der Waals surface area contributed by atoms with Crippen molar-refractivity contribution in [2.24, 2.45) is 46.2 Å². The summed E-state index contributed by atoms with van der Waals surface area (Å²) in [6.45, 7) is 7.70. The SMILES string of the molecule is CC[C@H]1CCC2C3CCC4C[C@H](NC(=N)N)CC[C@]4(C)C3CC[C@@]21C. The molecule has 4 rings (SSSR count). The lowest BCUT2D eigenvalue weighted by atomic mass is 9.44. The molecule has 4 aliphatic rings. The number of hydrogen-bond acceptors (Lipinski definition) is 1. The van der Waals surface area contributed by atoms with Crippen molar-refractivity contribution < 1.29 is 0 Å². The molecule has 0 aromatic carbocycles. The highest BCUT2D eigenvalue weighted by atomic mass is 15.1. The number of nitrogens with two attached hydrogens (primary N) is 1. The number of hydrogen-bond donors (Lipinski definition) is 3. The predicted molar refractivity (Wildman–Crippen MR) is 104 cm³/mol. The van der Waals surface area contributed by atoms with E-state index in [4.69, 9.17) is 11.1 Å². The smallest absolute Gasteiger partial charge is 0.185 e. The van der Waals surface area contributed by atoms with E-state index in [1.807, 2.05) is 0 Å². The van der Waals surface area contributed by atoms with Gasteiger partial charge in [-0.05, 0) is 98.2 Å². The molecule has 0 radical (unpaired) electrons. The van der Waals surface area contributed by atoms with Crippen LogP contribution in [0, 0.1) is 45.8 Å². The minimum atomic E-state index is 0.160. The molecule has 0 spiro atoms. The average Bonchev–Trinajstić information content (AvgIpc) is 2.91. The van der Waals surface area contributed by atoms with E-state index < -0.39 is 0 Å². The zero-order valence-corrected chi connectivity index (χ0v) is 16.6. The summed E-state index contributed by atoms with van der Waals surface area (Å²) < 4.78 is 0. The molecule has 4 aliphatic carbocycles. The zero-order chi connectivity index (χ0) is 17.8. The van der Waals surface area contributed by atoms with Gasteiger partial charge in [0.25, 0.3) is 0 Å². The van der Waals surface area contributed by atoms with Gasteiger partial charge in [-0.15, -0.1) is 0 Å². The summed E-state index contributed by atoms with van der Waals surface area (Å²) in [6.07, 6.45) is 14.0. The first-order valence-electron chi connectivity index (χ1n) is 11.0. The van der Waals surface area contributed by atoms with Gasteiger partial charge in [-0.1, -0.05) is 27.2 Å². The van der Waals surface area contributed by atoms with Crippen molar-refractivity contribution in [3.8, 4) is 0 Å². The topological polar surface area (TPSA) is 61.9 Å². The first kappa shape index (κ1) is 17.7. The Morgan fingerprint density at radius 3 is 2.44 bits per heavy atom. The maximum atomic E-state index is 7.56. The molecule has 3 heteroatoms. The summed E-state index contributed by atoms with van der Waals surface area (Å²) >= 11 is 0. The third kappa shape index (κ3) is 2.63. The Morgan fingerprint density at radius 1 is 1.00 bits per heavy atom. The van der Waals surface area contributed by atoms with Crippen molar-refractivity contribution in [1.29, 1.82) is 5.41 Å². The monoisotopic (exact) mass is 345 g/mol. The van der Waals surface area contributed by atoms with Gasteiger partial charge in [-0.25, -0.2) is 0 Å². The highest BCUT2D eigenvalue weighted by molar-refractivity contribution is 5.74. The van der Waals surface area contributed by atoms with Gasteiger partial charge in [0.15, 0.2) is 5.96 Å². The molecule has 0 aromatic rings. The average molecular weight is 346 g/mol. The first-order chi connectivity index (χ1) is 11.9. The molecule has 142 valence electrons. The molecule has 0 bridgehead atoms. The predicted octanol–water partition coefficient (Wildman–Crippen LogP) is 4.91. The molecule has 4 unspecified atom stereocenters. The van der Waals surface area contributed by atoms with Crippen LogP contribution in [-0.2, 0) is 0 Å². The fraction of sp³-hybridized carbons (Fsp3) is 0.955. The van der Waals surface area contributed by atoms with Crippen LogP contribution in [-0.4, -0.2) is 12.0 Å². The van der Waals surface area contributed by atoms with Crippen LogP contribution in [0.1, 0.15) is 85.0 Å². The number of nitrogens with one attached hydrogen (secondary N) is 2. The van der Waals surface area contributed by atoms with Crippen molar-refractivity contribution in [2.75, 3.05) is 0 Å². The highest BCUT2D eigenvalue weighted by Crippen LogP contribution is 2.67. The second kappa shape index (κ2) is 6.16. The van der Waals surface area contributed by atoms with E-state index in [9.17, 15) is 0 Å². The van der Waals surface area contributed by atoms with Crippen LogP contribution in [0.15, 0.2) is 0 Å². The molecule has 0 aliphatic heterocycles. The molecule has 25 heavy (non-hydrogen) atoms.